The van der Waals surface area contributed by atoms with Gasteiger partial charge < -0.3 is 5.32 Å². The SMILES string of the molecule is CC(C)n1ncc2cc(C(=O)NCCSc3ccc(Cl)cc3)cnc21. The van der Waals surface area contributed by atoms with E-state index in [-0.39, 0.29) is 11.9 Å². The molecule has 2 heterocycles. The first-order valence-electron chi connectivity index (χ1n) is 8.04. The van der Waals surface area contributed by atoms with E-state index < -0.39 is 0 Å². The molecule has 1 amide bonds. The van der Waals surface area contributed by atoms with Crippen molar-refractivity contribution in [1.29, 1.82) is 0 Å². The van der Waals surface area contributed by atoms with E-state index in [1.54, 1.807) is 24.2 Å². The molecule has 0 saturated carbocycles. The largest absolute Gasteiger partial charge is 0.351 e. The third kappa shape index (κ3) is 4.32. The van der Waals surface area contributed by atoms with Gasteiger partial charge in [-0.2, -0.15) is 5.10 Å². The molecule has 0 radical (unpaired) electrons. The number of pyridine rings is 1. The van der Waals surface area contributed by atoms with Gasteiger partial charge in [0.05, 0.1) is 11.8 Å². The number of benzene rings is 1. The molecule has 130 valence electrons. The lowest BCUT2D eigenvalue weighted by Gasteiger charge is -2.07. The second-order valence-corrected chi connectivity index (χ2v) is 7.48. The van der Waals surface area contributed by atoms with Gasteiger partial charge in [-0.25, -0.2) is 9.67 Å². The minimum Gasteiger partial charge on any atom is -0.351 e. The van der Waals surface area contributed by atoms with E-state index in [0.29, 0.717) is 12.1 Å². The highest BCUT2D eigenvalue weighted by Crippen LogP contribution is 2.20. The molecule has 0 bridgehead atoms. The second kappa shape index (κ2) is 7.89. The molecule has 3 aromatic rings. The zero-order chi connectivity index (χ0) is 17.8. The molecule has 1 aromatic carbocycles. The zero-order valence-corrected chi connectivity index (χ0v) is 15.6. The fraction of sp³-hybridized carbons (Fsp3) is 0.278. The number of nitrogens with one attached hydrogen (secondary N) is 1. The Labute approximate surface area is 155 Å². The number of rotatable bonds is 6. The second-order valence-electron chi connectivity index (χ2n) is 5.88. The van der Waals surface area contributed by atoms with Crippen molar-refractivity contribution in [3.63, 3.8) is 0 Å². The Bertz CT molecular complexity index is 876. The number of aromatic nitrogens is 3. The minimum absolute atomic E-state index is 0.122. The van der Waals surface area contributed by atoms with Crippen molar-refractivity contribution in [1.82, 2.24) is 20.1 Å². The van der Waals surface area contributed by atoms with Gasteiger partial charge in [0.25, 0.3) is 5.91 Å². The molecule has 7 heteroatoms. The Morgan fingerprint density at radius 3 is 2.76 bits per heavy atom. The zero-order valence-electron chi connectivity index (χ0n) is 14.1. The summed E-state index contributed by atoms with van der Waals surface area (Å²) < 4.78 is 1.85. The minimum atomic E-state index is -0.122. The van der Waals surface area contributed by atoms with Gasteiger partial charge in [0.1, 0.15) is 0 Å². The first-order valence-corrected chi connectivity index (χ1v) is 9.41. The lowest BCUT2D eigenvalue weighted by atomic mass is 10.2. The Morgan fingerprint density at radius 1 is 1.28 bits per heavy atom. The van der Waals surface area contributed by atoms with Gasteiger partial charge in [0.15, 0.2) is 5.65 Å². The van der Waals surface area contributed by atoms with E-state index in [1.165, 1.54) is 0 Å². The van der Waals surface area contributed by atoms with Crippen LogP contribution in [0.1, 0.15) is 30.2 Å². The molecule has 5 nitrogen and oxygen atoms in total. The van der Waals surface area contributed by atoms with Crippen molar-refractivity contribution in [2.45, 2.75) is 24.8 Å². The van der Waals surface area contributed by atoms with E-state index in [1.807, 2.05) is 48.9 Å². The number of halogens is 1. The third-order valence-electron chi connectivity index (χ3n) is 3.65. The molecule has 25 heavy (non-hydrogen) atoms. The van der Waals surface area contributed by atoms with Crippen molar-refractivity contribution >= 4 is 40.3 Å². The Balaban J connectivity index is 1.56. The highest BCUT2D eigenvalue weighted by Gasteiger charge is 2.11. The van der Waals surface area contributed by atoms with Crippen LogP contribution in [0.4, 0.5) is 0 Å². The standard InChI is InChI=1S/C18H19ClN4OS/c1-12(2)23-17-13(11-22-23)9-14(10-21-17)18(24)20-7-8-25-16-5-3-15(19)4-6-16/h3-6,9-12H,7-8H2,1-2H3,(H,20,24). The average Bonchev–Trinajstić information content (AvgIpc) is 3.03. The number of nitrogens with zero attached hydrogens (tertiary/aromatic N) is 3. The summed E-state index contributed by atoms with van der Waals surface area (Å²) in [5, 5.41) is 8.84. The number of hydrogen-bond acceptors (Lipinski definition) is 4. The maximum atomic E-state index is 12.3. The Morgan fingerprint density at radius 2 is 2.04 bits per heavy atom. The van der Waals surface area contributed by atoms with Crippen LogP contribution in [-0.2, 0) is 0 Å². The molecule has 0 aliphatic rings. The van der Waals surface area contributed by atoms with E-state index in [4.69, 9.17) is 11.6 Å². The summed E-state index contributed by atoms with van der Waals surface area (Å²) in [5.74, 6) is 0.664. The van der Waals surface area contributed by atoms with Gasteiger partial charge in [-0.05, 0) is 44.2 Å². The monoisotopic (exact) mass is 374 g/mol. The molecule has 2 aromatic heterocycles. The van der Waals surface area contributed by atoms with Crippen LogP contribution in [0, 0.1) is 0 Å². The lowest BCUT2D eigenvalue weighted by molar-refractivity contribution is 0.0956. The number of amides is 1. The number of thioether (sulfide) groups is 1. The van der Waals surface area contributed by atoms with Gasteiger partial charge in [0.2, 0.25) is 0 Å². The maximum Gasteiger partial charge on any atom is 0.252 e. The fourth-order valence-electron chi connectivity index (χ4n) is 2.41. The highest BCUT2D eigenvalue weighted by molar-refractivity contribution is 7.99. The van der Waals surface area contributed by atoms with Crippen LogP contribution < -0.4 is 5.32 Å². The average molecular weight is 375 g/mol. The summed E-state index contributed by atoms with van der Waals surface area (Å²) in [7, 11) is 0. The first kappa shape index (κ1) is 17.8. The van der Waals surface area contributed by atoms with E-state index in [2.05, 4.69) is 15.4 Å². The molecule has 0 saturated heterocycles. The lowest BCUT2D eigenvalue weighted by Crippen LogP contribution is -2.25. The van der Waals surface area contributed by atoms with Crippen LogP contribution in [-0.4, -0.2) is 33.0 Å². The predicted molar refractivity (Wildman–Crippen MR) is 102 cm³/mol. The van der Waals surface area contributed by atoms with E-state index in [9.17, 15) is 4.79 Å². The van der Waals surface area contributed by atoms with Gasteiger partial charge in [-0.15, -0.1) is 11.8 Å². The smallest absolute Gasteiger partial charge is 0.252 e. The van der Waals surface area contributed by atoms with Crippen molar-refractivity contribution in [2.75, 3.05) is 12.3 Å². The van der Waals surface area contributed by atoms with Crippen molar-refractivity contribution in [3.8, 4) is 0 Å². The highest BCUT2D eigenvalue weighted by atomic mass is 35.5. The quantitative estimate of drug-likeness (QED) is 0.519. The van der Waals surface area contributed by atoms with Crippen LogP contribution in [0.3, 0.4) is 0 Å². The molecule has 0 aliphatic heterocycles. The van der Waals surface area contributed by atoms with Crippen LogP contribution in [0.2, 0.25) is 5.02 Å². The molecule has 0 fully saturated rings. The van der Waals surface area contributed by atoms with Gasteiger partial charge in [-0.1, -0.05) is 11.6 Å². The Hall–Kier alpha value is -2.05. The molecule has 0 aliphatic carbocycles. The van der Waals surface area contributed by atoms with Crippen LogP contribution in [0.5, 0.6) is 0 Å². The van der Waals surface area contributed by atoms with E-state index in [0.717, 1.165) is 26.7 Å². The summed E-state index contributed by atoms with van der Waals surface area (Å²) in [4.78, 5) is 17.8. The molecule has 0 unspecified atom stereocenters. The van der Waals surface area contributed by atoms with E-state index >= 15 is 0 Å². The fourth-order valence-corrected chi connectivity index (χ4v) is 3.30. The Kier molecular flexibility index (Phi) is 5.60. The molecular weight excluding hydrogens is 356 g/mol. The summed E-state index contributed by atoms with van der Waals surface area (Å²) in [6, 6.07) is 9.73. The number of carbonyl (C=O) groups is 1. The summed E-state index contributed by atoms with van der Waals surface area (Å²) in [6.07, 6.45) is 3.35. The number of fused-ring (bicyclic) bond motifs is 1. The predicted octanol–water partition coefficient (Wildman–Crippen LogP) is 4.19. The van der Waals surface area contributed by atoms with Crippen molar-refractivity contribution in [3.05, 3.63) is 53.3 Å². The topological polar surface area (TPSA) is 59.8 Å². The summed E-state index contributed by atoms with van der Waals surface area (Å²) in [6.45, 7) is 4.68. The van der Waals surface area contributed by atoms with Crippen molar-refractivity contribution in [2.24, 2.45) is 0 Å². The van der Waals surface area contributed by atoms with Crippen LogP contribution in [0.15, 0.2) is 47.6 Å². The summed E-state index contributed by atoms with van der Waals surface area (Å²) in [5.41, 5.74) is 1.34. The van der Waals surface area contributed by atoms with Gasteiger partial charge in [0, 0.05) is 39.8 Å². The normalized spacial score (nSPS) is 11.2. The molecular formula is C18H19ClN4OS. The molecule has 3 rings (SSSR count). The van der Waals surface area contributed by atoms with Crippen LogP contribution in [0.25, 0.3) is 11.0 Å². The van der Waals surface area contributed by atoms with Gasteiger partial charge >= 0.3 is 0 Å². The number of carbonyl (C=O) groups excluding carboxylic acids is 1. The molecule has 1 N–H and O–H groups in total. The summed E-state index contributed by atoms with van der Waals surface area (Å²) >= 11 is 7.54. The van der Waals surface area contributed by atoms with Crippen molar-refractivity contribution < 1.29 is 4.79 Å². The third-order valence-corrected chi connectivity index (χ3v) is 4.92. The maximum absolute atomic E-state index is 12.3. The van der Waals surface area contributed by atoms with Gasteiger partial charge in [-0.3, -0.25) is 4.79 Å². The molecule has 0 spiro atoms. The molecule has 0 atom stereocenters. The number of hydrogen-bond donors (Lipinski definition) is 1. The first-order chi connectivity index (χ1) is 12.0. The van der Waals surface area contributed by atoms with Crippen LogP contribution >= 0.6 is 23.4 Å².